The maximum absolute atomic E-state index is 13.1. The van der Waals surface area contributed by atoms with Crippen molar-refractivity contribution in [2.24, 2.45) is 4.99 Å². The molecule has 2 aromatic rings. The Bertz CT molecular complexity index is 955. The summed E-state index contributed by atoms with van der Waals surface area (Å²) in [6, 6.07) is 12.0. The summed E-state index contributed by atoms with van der Waals surface area (Å²) < 4.78 is 14.1. The van der Waals surface area contributed by atoms with Gasteiger partial charge >= 0.3 is 0 Å². The molecule has 1 fully saturated rings. The van der Waals surface area contributed by atoms with E-state index in [1.165, 1.54) is 23.9 Å². The third kappa shape index (κ3) is 4.90. The minimum Gasteiger partial charge on any atom is -0.371 e. The summed E-state index contributed by atoms with van der Waals surface area (Å²) in [5, 5.41) is 0.606. The number of likely N-dealkylation sites (N-methyl/N-ethyl adjacent to an activating group) is 1. The normalized spacial score (nSPS) is 16.9. The van der Waals surface area contributed by atoms with Crippen LogP contribution in [-0.4, -0.2) is 35.6 Å². The van der Waals surface area contributed by atoms with E-state index in [-0.39, 0.29) is 11.7 Å². The molecule has 1 heterocycles. The van der Waals surface area contributed by atoms with Crippen LogP contribution in [0.5, 0.6) is 0 Å². The molecule has 7 heteroatoms. The number of amidine groups is 1. The molecule has 29 heavy (non-hydrogen) atoms. The van der Waals surface area contributed by atoms with Gasteiger partial charge in [0.1, 0.15) is 5.82 Å². The Hall–Kier alpha value is -2.12. The third-order valence-corrected chi connectivity index (χ3v) is 6.27. The fraction of sp³-hybridized carbons (Fsp3) is 0.273. The lowest BCUT2D eigenvalue weighted by molar-refractivity contribution is -0.122. The number of carbonyl (C=O) groups is 1. The number of nitrogens with zero attached hydrogens (tertiary/aromatic N) is 3. The van der Waals surface area contributed by atoms with Crippen molar-refractivity contribution in [2.45, 2.75) is 20.8 Å². The molecule has 0 aromatic heterocycles. The zero-order valence-electron chi connectivity index (χ0n) is 16.7. The Balaban J connectivity index is 1.89. The molecule has 3 rings (SSSR count). The van der Waals surface area contributed by atoms with Crippen LogP contribution in [0.25, 0.3) is 6.08 Å². The summed E-state index contributed by atoms with van der Waals surface area (Å²) >= 11 is 4.99. The molecule has 0 bridgehead atoms. The maximum atomic E-state index is 13.1. The molecule has 0 atom stereocenters. The molecule has 2 aromatic carbocycles. The van der Waals surface area contributed by atoms with Gasteiger partial charge in [0.25, 0.3) is 5.91 Å². The number of benzene rings is 2. The molecule has 0 saturated carbocycles. The van der Waals surface area contributed by atoms with Crippen molar-refractivity contribution >= 4 is 56.2 Å². The van der Waals surface area contributed by atoms with E-state index in [0.29, 0.717) is 22.3 Å². The molecule has 0 unspecified atom stereocenters. The summed E-state index contributed by atoms with van der Waals surface area (Å²) in [5.41, 5.74) is 2.70. The van der Waals surface area contributed by atoms with Gasteiger partial charge in [-0.25, -0.2) is 9.38 Å². The van der Waals surface area contributed by atoms with Gasteiger partial charge in [0, 0.05) is 24.1 Å². The number of hydrogen-bond acceptors (Lipinski definition) is 4. The fourth-order valence-electron chi connectivity index (χ4n) is 3.08. The minimum atomic E-state index is -0.309. The number of aliphatic imine (C=N–C) groups is 1. The van der Waals surface area contributed by atoms with Crippen LogP contribution in [0.15, 0.2) is 56.8 Å². The first-order valence-corrected chi connectivity index (χ1v) is 11.2. The van der Waals surface area contributed by atoms with Gasteiger partial charge in [-0.05, 0) is 96.5 Å². The van der Waals surface area contributed by atoms with Crippen molar-refractivity contribution < 1.29 is 9.18 Å². The topological polar surface area (TPSA) is 35.9 Å². The van der Waals surface area contributed by atoms with E-state index in [1.807, 2.05) is 25.1 Å². The minimum absolute atomic E-state index is 0.0673. The van der Waals surface area contributed by atoms with Gasteiger partial charge in [-0.3, -0.25) is 9.69 Å². The Morgan fingerprint density at radius 3 is 2.41 bits per heavy atom. The van der Waals surface area contributed by atoms with Crippen LogP contribution in [0.4, 0.5) is 15.8 Å². The van der Waals surface area contributed by atoms with Crippen molar-refractivity contribution in [2.75, 3.05) is 24.5 Å². The second-order valence-corrected chi connectivity index (χ2v) is 8.28. The highest BCUT2D eigenvalue weighted by atomic mass is 79.9. The van der Waals surface area contributed by atoms with Crippen molar-refractivity contribution in [1.82, 2.24) is 4.90 Å². The Morgan fingerprint density at radius 2 is 1.83 bits per heavy atom. The number of carbonyl (C=O) groups excluding carboxylic acids is 1. The number of thioether (sulfide) groups is 1. The predicted molar refractivity (Wildman–Crippen MR) is 124 cm³/mol. The monoisotopic (exact) mass is 475 g/mol. The number of halogens is 2. The SMILES string of the molecule is CCN1C(=O)/C(=C\c2ccc(N(CC)CC)c(Br)c2)SC1=Nc1ccc(F)cc1. The van der Waals surface area contributed by atoms with E-state index >= 15 is 0 Å². The van der Waals surface area contributed by atoms with Gasteiger partial charge in [-0.1, -0.05) is 6.07 Å². The summed E-state index contributed by atoms with van der Waals surface area (Å²) in [5.74, 6) is -0.377. The fourth-order valence-corrected chi connectivity index (χ4v) is 4.79. The van der Waals surface area contributed by atoms with Crippen LogP contribution in [0.1, 0.15) is 26.3 Å². The van der Waals surface area contributed by atoms with Crippen LogP contribution in [-0.2, 0) is 4.79 Å². The molecular formula is C22H23BrFN3OS. The molecule has 0 N–H and O–H groups in total. The van der Waals surface area contributed by atoms with Crippen LogP contribution < -0.4 is 4.90 Å². The first kappa shape index (κ1) is 21.6. The van der Waals surface area contributed by atoms with E-state index in [0.717, 1.165) is 28.8 Å². The van der Waals surface area contributed by atoms with Gasteiger partial charge in [0.2, 0.25) is 0 Å². The quantitative estimate of drug-likeness (QED) is 0.476. The maximum Gasteiger partial charge on any atom is 0.266 e. The largest absolute Gasteiger partial charge is 0.371 e. The molecular weight excluding hydrogens is 453 g/mol. The average Bonchev–Trinajstić information content (AvgIpc) is 3.00. The van der Waals surface area contributed by atoms with E-state index < -0.39 is 0 Å². The molecule has 1 saturated heterocycles. The van der Waals surface area contributed by atoms with Crippen molar-refractivity contribution in [3.05, 3.63) is 63.2 Å². The number of rotatable bonds is 6. The van der Waals surface area contributed by atoms with Gasteiger partial charge in [0.05, 0.1) is 16.3 Å². The molecule has 1 aliphatic rings. The summed E-state index contributed by atoms with van der Waals surface area (Å²) in [7, 11) is 0. The second-order valence-electron chi connectivity index (χ2n) is 6.41. The van der Waals surface area contributed by atoms with Crippen LogP contribution in [0, 0.1) is 5.82 Å². The number of amides is 1. The highest BCUT2D eigenvalue weighted by Gasteiger charge is 2.32. The molecule has 0 aliphatic carbocycles. The number of anilines is 1. The van der Waals surface area contributed by atoms with E-state index in [1.54, 1.807) is 17.0 Å². The summed E-state index contributed by atoms with van der Waals surface area (Å²) in [6.07, 6.45) is 1.89. The first-order valence-electron chi connectivity index (χ1n) is 9.57. The van der Waals surface area contributed by atoms with E-state index in [4.69, 9.17) is 0 Å². The smallest absolute Gasteiger partial charge is 0.266 e. The highest BCUT2D eigenvalue weighted by Crippen LogP contribution is 2.35. The molecule has 1 aliphatic heterocycles. The lowest BCUT2D eigenvalue weighted by atomic mass is 10.1. The molecule has 1 amide bonds. The van der Waals surface area contributed by atoms with Crippen molar-refractivity contribution in [3.63, 3.8) is 0 Å². The Morgan fingerprint density at radius 1 is 1.14 bits per heavy atom. The van der Waals surface area contributed by atoms with Crippen LogP contribution in [0.2, 0.25) is 0 Å². The molecule has 0 radical (unpaired) electrons. The summed E-state index contributed by atoms with van der Waals surface area (Å²) in [6.45, 7) is 8.55. The van der Waals surface area contributed by atoms with E-state index in [9.17, 15) is 9.18 Å². The Kier molecular flexibility index (Phi) is 7.14. The zero-order chi connectivity index (χ0) is 21.0. The third-order valence-electron chi connectivity index (χ3n) is 4.63. The highest BCUT2D eigenvalue weighted by molar-refractivity contribution is 9.10. The van der Waals surface area contributed by atoms with E-state index in [2.05, 4.69) is 45.7 Å². The first-order chi connectivity index (χ1) is 14.0. The van der Waals surface area contributed by atoms with Crippen LogP contribution in [0.3, 0.4) is 0 Å². The van der Waals surface area contributed by atoms with Gasteiger partial charge in [-0.2, -0.15) is 0 Å². The second kappa shape index (κ2) is 9.59. The molecule has 0 spiro atoms. The van der Waals surface area contributed by atoms with Crippen molar-refractivity contribution in [3.8, 4) is 0 Å². The number of hydrogen-bond donors (Lipinski definition) is 0. The average molecular weight is 476 g/mol. The predicted octanol–water partition coefficient (Wildman–Crippen LogP) is 6.06. The lowest BCUT2D eigenvalue weighted by Crippen LogP contribution is -2.28. The standard InChI is InChI=1S/C22H23BrFN3OS/c1-4-26(5-2)19-12-7-15(13-18(19)23)14-20-21(28)27(6-3)22(29-20)25-17-10-8-16(24)9-11-17/h7-14H,4-6H2,1-3H3/b20-14+,25-22?. The van der Waals surface area contributed by atoms with Crippen molar-refractivity contribution in [1.29, 1.82) is 0 Å². The molecule has 4 nitrogen and oxygen atoms in total. The Labute approximate surface area is 183 Å². The summed E-state index contributed by atoms with van der Waals surface area (Å²) in [4.78, 5) is 21.9. The van der Waals surface area contributed by atoms with Gasteiger partial charge in [0.15, 0.2) is 5.17 Å². The lowest BCUT2D eigenvalue weighted by Gasteiger charge is -2.22. The molecule has 152 valence electrons. The van der Waals surface area contributed by atoms with Crippen LogP contribution >= 0.6 is 27.7 Å². The van der Waals surface area contributed by atoms with Gasteiger partial charge < -0.3 is 4.90 Å². The zero-order valence-corrected chi connectivity index (χ0v) is 19.1. The van der Waals surface area contributed by atoms with Gasteiger partial charge in [-0.15, -0.1) is 0 Å².